The number of anilines is 1. The SMILES string of the molecule is CCOc1ccccc1C(=O)NCc1ccc(NC(=O)c2ccco2)cc1. The van der Waals surface area contributed by atoms with Crippen molar-refractivity contribution in [3.05, 3.63) is 83.8 Å². The molecule has 0 atom stereocenters. The molecule has 138 valence electrons. The van der Waals surface area contributed by atoms with Gasteiger partial charge in [0.1, 0.15) is 5.75 Å². The minimum absolute atomic E-state index is 0.200. The van der Waals surface area contributed by atoms with E-state index in [0.29, 0.717) is 30.2 Å². The third-order valence-electron chi connectivity index (χ3n) is 3.84. The predicted octanol–water partition coefficient (Wildman–Crippen LogP) is 3.86. The number of rotatable bonds is 7. The standard InChI is InChI=1S/C21H20N2O4/c1-2-26-18-7-4-3-6-17(18)20(24)22-14-15-9-11-16(12-10-15)23-21(25)19-8-5-13-27-19/h3-13H,2,14H2,1H3,(H,22,24)(H,23,25). The molecule has 0 aliphatic carbocycles. The lowest BCUT2D eigenvalue weighted by molar-refractivity contribution is 0.0946. The first-order valence-electron chi connectivity index (χ1n) is 8.61. The van der Waals surface area contributed by atoms with Crippen LogP contribution < -0.4 is 15.4 Å². The summed E-state index contributed by atoms with van der Waals surface area (Å²) in [5.41, 5.74) is 2.06. The van der Waals surface area contributed by atoms with Crippen molar-refractivity contribution in [1.29, 1.82) is 0 Å². The molecule has 2 amide bonds. The van der Waals surface area contributed by atoms with Gasteiger partial charge in [-0.15, -0.1) is 0 Å². The summed E-state index contributed by atoms with van der Waals surface area (Å²) in [5, 5.41) is 5.62. The summed E-state index contributed by atoms with van der Waals surface area (Å²) in [6.07, 6.45) is 1.45. The number of para-hydroxylation sites is 1. The molecular weight excluding hydrogens is 344 g/mol. The number of benzene rings is 2. The van der Waals surface area contributed by atoms with Crippen molar-refractivity contribution in [3.8, 4) is 5.75 Å². The Morgan fingerprint density at radius 1 is 0.963 bits per heavy atom. The first kappa shape index (κ1) is 18.3. The van der Waals surface area contributed by atoms with Crippen molar-refractivity contribution in [2.24, 2.45) is 0 Å². The Hall–Kier alpha value is -3.54. The number of furan rings is 1. The van der Waals surface area contributed by atoms with E-state index < -0.39 is 0 Å². The second-order valence-corrected chi connectivity index (χ2v) is 5.74. The highest BCUT2D eigenvalue weighted by Crippen LogP contribution is 2.18. The van der Waals surface area contributed by atoms with E-state index in [0.717, 1.165) is 5.56 Å². The largest absolute Gasteiger partial charge is 0.493 e. The van der Waals surface area contributed by atoms with E-state index in [1.54, 1.807) is 42.5 Å². The summed E-state index contributed by atoms with van der Waals surface area (Å²) >= 11 is 0. The van der Waals surface area contributed by atoms with Crippen molar-refractivity contribution in [2.45, 2.75) is 13.5 Å². The van der Waals surface area contributed by atoms with E-state index in [1.807, 2.05) is 25.1 Å². The smallest absolute Gasteiger partial charge is 0.291 e. The summed E-state index contributed by atoms with van der Waals surface area (Å²) in [4.78, 5) is 24.3. The fourth-order valence-electron chi connectivity index (χ4n) is 2.52. The molecule has 2 aromatic carbocycles. The zero-order valence-corrected chi connectivity index (χ0v) is 14.9. The number of ether oxygens (including phenoxy) is 1. The van der Waals surface area contributed by atoms with Crippen molar-refractivity contribution < 1.29 is 18.7 Å². The van der Waals surface area contributed by atoms with Gasteiger partial charge in [0, 0.05) is 12.2 Å². The van der Waals surface area contributed by atoms with Crippen LogP contribution in [0.2, 0.25) is 0 Å². The molecule has 0 saturated carbocycles. The van der Waals surface area contributed by atoms with E-state index >= 15 is 0 Å². The molecule has 0 radical (unpaired) electrons. The third kappa shape index (κ3) is 4.76. The van der Waals surface area contributed by atoms with Crippen LogP contribution in [0, 0.1) is 0 Å². The highest BCUT2D eigenvalue weighted by Gasteiger charge is 2.12. The zero-order valence-electron chi connectivity index (χ0n) is 14.9. The molecule has 0 bridgehead atoms. The number of hydrogen-bond acceptors (Lipinski definition) is 4. The van der Waals surface area contributed by atoms with Gasteiger partial charge in [0.25, 0.3) is 11.8 Å². The Labute approximate surface area is 157 Å². The predicted molar refractivity (Wildman–Crippen MR) is 102 cm³/mol. The lowest BCUT2D eigenvalue weighted by Gasteiger charge is -2.11. The van der Waals surface area contributed by atoms with Crippen LogP contribution in [-0.4, -0.2) is 18.4 Å². The molecule has 1 aromatic heterocycles. The van der Waals surface area contributed by atoms with Crippen LogP contribution in [0.3, 0.4) is 0 Å². The second kappa shape index (κ2) is 8.71. The summed E-state index contributed by atoms with van der Waals surface area (Å²) < 4.78 is 10.5. The molecule has 6 heteroatoms. The number of carbonyl (C=O) groups excluding carboxylic acids is 2. The van der Waals surface area contributed by atoms with Crippen LogP contribution in [0.5, 0.6) is 5.75 Å². The normalized spacial score (nSPS) is 10.3. The third-order valence-corrected chi connectivity index (χ3v) is 3.84. The Balaban J connectivity index is 1.57. The highest BCUT2D eigenvalue weighted by molar-refractivity contribution is 6.02. The van der Waals surface area contributed by atoms with Gasteiger partial charge in [-0.2, -0.15) is 0 Å². The van der Waals surface area contributed by atoms with Crippen LogP contribution in [0.1, 0.15) is 33.4 Å². The Kier molecular flexibility index (Phi) is 5.89. The monoisotopic (exact) mass is 364 g/mol. The van der Waals surface area contributed by atoms with Crippen molar-refractivity contribution in [2.75, 3.05) is 11.9 Å². The maximum Gasteiger partial charge on any atom is 0.291 e. The topological polar surface area (TPSA) is 80.6 Å². The van der Waals surface area contributed by atoms with Gasteiger partial charge in [0.05, 0.1) is 18.4 Å². The van der Waals surface area contributed by atoms with Crippen LogP contribution in [0.25, 0.3) is 0 Å². The van der Waals surface area contributed by atoms with Crippen LogP contribution >= 0.6 is 0 Å². The van der Waals surface area contributed by atoms with Crippen LogP contribution in [-0.2, 0) is 6.54 Å². The first-order chi connectivity index (χ1) is 13.2. The molecule has 27 heavy (non-hydrogen) atoms. The first-order valence-corrected chi connectivity index (χ1v) is 8.61. The molecule has 0 spiro atoms. The Morgan fingerprint density at radius 2 is 1.74 bits per heavy atom. The molecule has 6 nitrogen and oxygen atoms in total. The molecule has 0 unspecified atom stereocenters. The van der Waals surface area contributed by atoms with Gasteiger partial charge >= 0.3 is 0 Å². The summed E-state index contributed by atoms with van der Waals surface area (Å²) in [6, 6.07) is 17.6. The van der Waals surface area contributed by atoms with Gasteiger partial charge in [-0.1, -0.05) is 24.3 Å². The van der Waals surface area contributed by atoms with E-state index in [1.165, 1.54) is 6.26 Å². The molecule has 3 rings (SSSR count). The lowest BCUT2D eigenvalue weighted by atomic mass is 10.1. The number of hydrogen-bond donors (Lipinski definition) is 2. The van der Waals surface area contributed by atoms with Gasteiger partial charge in [-0.25, -0.2) is 0 Å². The molecule has 1 heterocycles. The van der Waals surface area contributed by atoms with E-state index in [-0.39, 0.29) is 17.6 Å². The van der Waals surface area contributed by atoms with Crippen molar-refractivity contribution in [1.82, 2.24) is 5.32 Å². The fraction of sp³-hybridized carbons (Fsp3) is 0.143. The maximum atomic E-state index is 12.4. The highest BCUT2D eigenvalue weighted by atomic mass is 16.5. The molecular formula is C21H20N2O4. The molecule has 2 N–H and O–H groups in total. The maximum absolute atomic E-state index is 12.4. The minimum atomic E-state index is -0.311. The van der Waals surface area contributed by atoms with E-state index in [9.17, 15) is 9.59 Å². The second-order valence-electron chi connectivity index (χ2n) is 5.74. The lowest BCUT2D eigenvalue weighted by Crippen LogP contribution is -2.23. The molecule has 0 saturated heterocycles. The molecule has 0 aliphatic heterocycles. The van der Waals surface area contributed by atoms with Crippen LogP contribution in [0.4, 0.5) is 5.69 Å². The van der Waals surface area contributed by atoms with E-state index in [2.05, 4.69) is 10.6 Å². The van der Waals surface area contributed by atoms with Crippen molar-refractivity contribution in [3.63, 3.8) is 0 Å². The van der Waals surface area contributed by atoms with Crippen molar-refractivity contribution >= 4 is 17.5 Å². The van der Waals surface area contributed by atoms with E-state index in [4.69, 9.17) is 9.15 Å². The number of nitrogens with one attached hydrogen (secondary N) is 2. The van der Waals surface area contributed by atoms with Gasteiger partial charge in [0.2, 0.25) is 0 Å². The summed E-state index contributed by atoms with van der Waals surface area (Å²) in [7, 11) is 0. The van der Waals surface area contributed by atoms with Gasteiger partial charge < -0.3 is 19.8 Å². The fourth-order valence-corrected chi connectivity index (χ4v) is 2.52. The molecule has 0 aliphatic rings. The summed E-state index contributed by atoms with van der Waals surface area (Å²) in [5.74, 6) is 0.302. The minimum Gasteiger partial charge on any atom is -0.493 e. The number of amides is 2. The van der Waals surface area contributed by atoms with Gasteiger partial charge in [-0.05, 0) is 48.9 Å². The Morgan fingerprint density at radius 3 is 2.44 bits per heavy atom. The van der Waals surface area contributed by atoms with Gasteiger partial charge in [-0.3, -0.25) is 9.59 Å². The quantitative estimate of drug-likeness (QED) is 0.667. The average molecular weight is 364 g/mol. The summed E-state index contributed by atoms with van der Waals surface area (Å²) in [6.45, 7) is 2.74. The van der Waals surface area contributed by atoms with Crippen LogP contribution in [0.15, 0.2) is 71.3 Å². The zero-order chi connectivity index (χ0) is 19.1. The molecule has 0 fully saturated rings. The Bertz CT molecular complexity index is 902. The molecule has 3 aromatic rings. The average Bonchev–Trinajstić information content (AvgIpc) is 3.23. The van der Waals surface area contributed by atoms with Gasteiger partial charge in [0.15, 0.2) is 5.76 Å². The number of carbonyl (C=O) groups is 2.